The van der Waals surface area contributed by atoms with Crippen molar-refractivity contribution in [3.05, 3.63) is 30.3 Å². The number of hydrogen-bond donors (Lipinski definition) is 0. The standard InChI is InChI=1S/C29H52NO3S/c1-2-3-4-5-6-7-8-9-10-11-12-13-14-15-16-21-26-30(27-22-18-23-28-30)33-34(31,32)29-24-19-17-20-25-29/h17,19-20,24-25H,2-16,18,21-23,26-28H2,1H3/q+1. The minimum absolute atomic E-state index is 0.269. The van der Waals surface area contributed by atoms with Crippen molar-refractivity contribution in [2.24, 2.45) is 0 Å². The van der Waals surface area contributed by atoms with E-state index in [1.54, 1.807) is 24.3 Å². The average Bonchev–Trinajstić information content (AvgIpc) is 2.84. The van der Waals surface area contributed by atoms with Crippen molar-refractivity contribution in [3.8, 4) is 0 Å². The number of piperidine rings is 1. The molecule has 34 heavy (non-hydrogen) atoms. The molecule has 1 saturated heterocycles. The molecule has 0 saturated carbocycles. The first-order valence-corrected chi connectivity index (χ1v) is 15.9. The molecule has 0 amide bonds. The number of unbranched alkanes of at least 4 members (excludes halogenated alkanes) is 15. The number of quaternary nitrogens is 1. The molecule has 196 valence electrons. The molecule has 0 aromatic heterocycles. The number of hydrogen-bond acceptors (Lipinski definition) is 3. The van der Waals surface area contributed by atoms with Crippen LogP contribution in [-0.2, 0) is 14.4 Å². The van der Waals surface area contributed by atoms with Crippen LogP contribution in [0.25, 0.3) is 0 Å². The van der Waals surface area contributed by atoms with Crippen LogP contribution in [0.5, 0.6) is 0 Å². The highest BCUT2D eigenvalue weighted by atomic mass is 32.2. The lowest BCUT2D eigenvalue weighted by Crippen LogP contribution is -2.53. The number of nitrogens with zero attached hydrogens (tertiary/aromatic N) is 1. The fourth-order valence-electron chi connectivity index (χ4n) is 5.21. The van der Waals surface area contributed by atoms with Crippen LogP contribution < -0.4 is 0 Å². The van der Waals surface area contributed by atoms with Gasteiger partial charge in [0.1, 0.15) is 19.6 Å². The summed E-state index contributed by atoms with van der Waals surface area (Å²) in [4.78, 5) is 0.269. The van der Waals surface area contributed by atoms with Gasteiger partial charge in [-0.05, 0) is 44.2 Å². The van der Waals surface area contributed by atoms with E-state index >= 15 is 0 Å². The first-order chi connectivity index (χ1) is 16.6. The Morgan fingerprint density at radius 2 is 1.09 bits per heavy atom. The maximum Gasteiger partial charge on any atom is 0.342 e. The van der Waals surface area contributed by atoms with Gasteiger partial charge in [0.25, 0.3) is 0 Å². The normalized spacial score (nSPS) is 16.0. The van der Waals surface area contributed by atoms with Gasteiger partial charge in [-0.2, -0.15) is 13.1 Å². The SMILES string of the molecule is CCCCCCCCCCCCCCCCCC[N+]1(OS(=O)(=O)c2ccccc2)CCCCC1. The number of hydroxylamine groups is 3. The number of rotatable bonds is 20. The number of likely N-dealkylation sites (tertiary alicyclic amines) is 1. The summed E-state index contributed by atoms with van der Waals surface area (Å²) in [5.41, 5.74) is 0. The molecule has 0 spiro atoms. The molecular weight excluding hydrogens is 442 g/mol. The molecule has 1 aromatic rings. The minimum atomic E-state index is -3.72. The molecule has 0 unspecified atom stereocenters. The zero-order valence-corrected chi connectivity index (χ0v) is 22.8. The van der Waals surface area contributed by atoms with Crippen LogP contribution in [-0.4, -0.2) is 32.7 Å². The molecule has 0 radical (unpaired) electrons. The van der Waals surface area contributed by atoms with Gasteiger partial charge in [0.05, 0.1) is 4.90 Å². The van der Waals surface area contributed by atoms with Crippen molar-refractivity contribution in [3.63, 3.8) is 0 Å². The maximum atomic E-state index is 12.8. The molecular formula is C29H52NO3S+. The third-order valence-electron chi connectivity index (χ3n) is 7.34. The summed E-state index contributed by atoms with van der Waals surface area (Å²) < 4.78 is 31.9. The van der Waals surface area contributed by atoms with Gasteiger partial charge >= 0.3 is 10.1 Å². The first-order valence-electron chi connectivity index (χ1n) is 14.5. The van der Waals surface area contributed by atoms with E-state index in [1.165, 1.54) is 103 Å². The molecule has 0 bridgehead atoms. The quantitative estimate of drug-likeness (QED) is 0.135. The largest absolute Gasteiger partial charge is 0.342 e. The van der Waals surface area contributed by atoms with E-state index in [0.29, 0.717) is 0 Å². The van der Waals surface area contributed by atoms with Crippen molar-refractivity contribution in [1.29, 1.82) is 0 Å². The van der Waals surface area contributed by atoms with Crippen LogP contribution in [0, 0.1) is 0 Å². The highest BCUT2D eigenvalue weighted by Gasteiger charge is 2.38. The van der Waals surface area contributed by atoms with Crippen LogP contribution in [0.4, 0.5) is 0 Å². The average molecular weight is 495 g/mol. The number of benzene rings is 1. The Hall–Kier alpha value is -0.910. The third kappa shape index (κ3) is 12.2. The predicted molar refractivity (Wildman–Crippen MR) is 143 cm³/mol. The topological polar surface area (TPSA) is 43.4 Å². The zero-order valence-electron chi connectivity index (χ0n) is 22.0. The van der Waals surface area contributed by atoms with E-state index < -0.39 is 10.1 Å². The van der Waals surface area contributed by atoms with E-state index in [0.717, 1.165) is 38.9 Å². The van der Waals surface area contributed by atoms with Crippen molar-refractivity contribution >= 4 is 10.1 Å². The van der Waals surface area contributed by atoms with Gasteiger partial charge in [0.15, 0.2) is 0 Å². The van der Waals surface area contributed by atoms with Crippen molar-refractivity contribution in [1.82, 2.24) is 0 Å². The maximum absolute atomic E-state index is 12.8. The highest BCUT2D eigenvalue weighted by Crippen LogP contribution is 2.26. The first kappa shape index (κ1) is 29.3. The van der Waals surface area contributed by atoms with Crippen LogP contribution >= 0.6 is 0 Å². The summed E-state index contributed by atoms with van der Waals surface area (Å²) in [5.74, 6) is 0. The second-order valence-corrected chi connectivity index (χ2v) is 12.0. The molecule has 0 N–H and O–H groups in total. The molecule has 0 atom stereocenters. The van der Waals surface area contributed by atoms with Gasteiger partial charge in [-0.25, -0.2) is 0 Å². The summed E-state index contributed by atoms with van der Waals surface area (Å²) in [6.07, 6.45) is 24.9. The Morgan fingerprint density at radius 3 is 1.56 bits per heavy atom. The Balaban J connectivity index is 1.53. The lowest BCUT2D eigenvalue weighted by Gasteiger charge is -2.37. The molecule has 1 heterocycles. The molecule has 1 aliphatic heterocycles. The molecule has 5 heteroatoms. The van der Waals surface area contributed by atoms with Crippen molar-refractivity contribution < 1.29 is 17.3 Å². The summed E-state index contributed by atoms with van der Waals surface area (Å²) in [6, 6.07) is 8.61. The van der Waals surface area contributed by atoms with Gasteiger partial charge in [-0.1, -0.05) is 119 Å². The second kappa shape index (κ2) is 17.5. The van der Waals surface area contributed by atoms with E-state index in [4.69, 9.17) is 4.28 Å². The minimum Gasteiger partial charge on any atom is -0.189 e. The van der Waals surface area contributed by atoms with Crippen molar-refractivity contribution in [2.45, 2.75) is 134 Å². The smallest absolute Gasteiger partial charge is 0.189 e. The van der Waals surface area contributed by atoms with Crippen LogP contribution in [0.1, 0.15) is 129 Å². The van der Waals surface area contributed by atoms with Crippen molar-refractivity contribution in [2.75, 3.05) is 19.6 Å². The van der Waals surface area contributed by atoms with Gasteiger partial charge < -0.3 is 0 Å². The summed E-state index contributed by atoms with van der Waals surface area (Å²) in [6.45, 7) is 4.71. The fraction of sp³-hybridized carbons (Fsp3) is 0.793. The van der Waals surface area contributed by atoms with E-state index in [1.807, 2.05) is 6.07 Å². The Kier molecular flexibility index (Phi) is 15.1. The molecule has 1 aromatic carbocycles. The van der Waals surface area contributed by atoms with E-state index in [2.05, 4.69) is 6.92 Å². The zero-order chi connectivity index (χ0) is 24.4. The van der Waals surface area contributed by atoms with Crippen LogP contribution in [0.2, 0.25) is 0 Å². The molecule has 1 fully saturated rings. The van der Waals surface area contributed by atoms with Gasteiger partial charge in [0.2, 0.25) is 0 Å². The van der Waals surface area contributed by atoms with E-state index in [-0.39, 0.29) is 9.54 Å². The van der Waals surface area contributed by atoms with Gasteiger partial charge in [0, 0.05) is 0 Å². The van der Waals surface area contributed by atoms with Crippen LogP contribution in [0.15, 0.2) is 35.2 Å². The predicted octanol–water partition coefficient (Wildman–Crippen LogP) is 8.57. The summed E-state index contributed by atoms with van der Waals surface area (Å²) in [7, 11) is -3.72. The molecule has 1 aliphatic rings. The van der Waals surface area contributed by atoms with Gasteiger partial charge in [-0.3, -0.25) is 0 Å². The van der Waals surface area contributed by atoms with Crippen LogP contribution in [0.3, 0.4) is 0 Å². The summed E-state index contributed by atoms with van der Waals surface area (Å²) >= 11 is 0. The third-order valence-corrected chi connectivity index (χ3v) is 8.70. The lowest BCUT2D eigenvalue weighted by molar-refractivity contribution is -1.08. The van der Waals surface area contributed by atoms with Gasteiger partial charge in [-0.15, -0.1) is 0 Å². The second-order valence-electron chi connectivity index (χ2n) is 10.4. The monoisotopic (exact) mass is 494 g/mol. The fourth-order valence-corrected chi connectivity index (χ4v) is 6.43. The Morgan fingerprint density at radius 1 is 0.647 bits per heavy atom. The Bertz CT molecular complexity index is 714. The summed E-state index contributed by atoms with van der Waals surface area (Å²) in [5, 5.41) is 0. The highest BCUT2D eigenvalue weighted by molar-refractivity contribution is 7.86. The van der Waals surface area contributed by atoms with E-state index in [9.17, 15) is 8.42 Å². The Labute approximate surface area is 211 Å². The molecule has 4 nitrogen and oxygen atoms in total. The molecule has 0 aliphatic carbocycles. The molecule has 2 rings (SSSR count). The lowest BCUT2D eigenvalue weighted by atomic mass is 10.0.